The number of nitrogens with zero attached hydrogens (tertiary/aromatic N) is 1. The summed E-state index contributed by atoms with van der Waals surface area (Å²) in [5.74, 6) is -0.220. The molecule has 5 nitrogen and oxygen atoms in total. The van der Waals surface area contributed by atoms with Crippen molar-refractivity contribution >= 4 is 21.6 Å². The van der Waals surface area contributed by atoms with E-state index < -0.39 is 10.0 Å². The Morgan fingerprint density at radius 1 is 0.765 bits per heavy atom. The Balaban J connectivity index is 1.70. The minimum absolute atomic E-state index is 0.120. The Bertz CT molecular complexity index is 1170. The van der Waals surface area contributed by atoms with E-state index in [-0.39, 0.29) is 23.4 Å². The zero-order chi connectivity index (χ0) is 23.8. The lowest BCUT2D eigenvalue weighted by Gasteiger charge is -2.27. The predicted octanol–water partition coefficient (Wildman–Crippen LogP) is 5.92. The molecule has 3 aromatic rings. The molecule has 0 saturated heterocycles. The number of benzene rings is 3. The largest absolute Gasteiger partial charge is 0.349 e. The molecule has 0 bridgehead atoms. The molecule has 1 saturated carbocycles. The molecule has 1 aliphatic rings. The van der Waals surface area contributed by atoms with Gasteiger partial charge in [0.05, 0.1) is 22.7 Å². The molecule has 0 atom stereocenters. The Labute approximate surface area is 202 Å². The van der Waals surface area contributed by atoms with Crippen LogP contribution in [-0.2, 0) is 16.6 Å². The second-order valence-corrected chi connectivity index (χ2v) is 10.7. The molecule has 0 aliphatic heterocycles. The number of carbonyl (C=O) groups is 1. The molecule has 4 rings (SSSR count). The minimum Gasteiger partial charge on any atom is -0.349 e. The number of hydrogen-bond acceptors (Lipinski definition) is 3. The van der Waals surface area contributed by atoms with Gasteiger partial charge in [0.25, 0.3) is 15.9 Å². The monoisotopic (exact) mass is 476 g/mol. The fraction of sp³-hybridized carbons (Fsp3) is 0.321. The van der Waals surface area contributed by atoms with Crippen molar-refractivity contribution in [2.45, 2.75) is 62.4 Å². The first-order valence-corrected chi connectivity index (χ1v) is 13.5. The molecule has 1 N–H and O–H groups in total. The first-order valence-electron chi connectivity index (χ1n) is 12.1. The summed E-state index contributed by atoms with van der Waals surface area (Å²) in [5.41, 5.74) is 1.61. The van der Waals surface area contributed by atoms with Gasteiger partial charge in [0.2, 0.25) is 0 Å². The van der Waals surface area contributed by atoms with Gasteiger partial charge >= 0.3 is 0 Å². The summed E-state index contributed by atoms with van der Waals surface area (Å²) >= 11 is 0. The van der Waals surface area contributed by atoms with Gasteiger partial charge < -0.3 is 5.32 Å². The highest BCUT2D eigenvalue weighted by Crippen LogP contribution is 2.29. The second-order valence-electron chi connectivity index (χ2n) is 8.84. The fourth-order valence-corrected chi connectivity index (χ4v) is 6.01. The summed E-state index contributed by atoms with van der Waals surface area (Å²) in [6.07, 6.45) is 7.79. The zero-order valence-electron chi connectivity index (χ0n) is 19.4. The van der Waals surface area contributed by atoms with E-state index in [1.165, 1.54) is 23.6 Å². The van der Waals surface area contributed by atoms with E-state index >= 15 is 0 Å². The van der Waals surface area contributed by atoms with Crippen LogP contribution in [0.2, 0.25) is 0 Å². The van der Waals surface area contributed by atoms with Crippen LogP contribution in [0.4, 0.5) is 5.69 Å². The second kappa shape index (κ2) is 11.3. The van der Waals surface area contributed by atoms with E-state index in [0.29, 0.717) is 11.3 Å². The smallest absolute Gasteiger partial charge is 0.264 e. The van der Waals surface area contributed by atoms with Gasteiger partial charge in [-0.2, -0.15) is 0 Å². The van der Waals surface area contributed by atoms with Crippen LogP contribution < -0.4 is 9.62 Å². The summed E-state index contributed by atoms with van der Waals surface area (Å²) in [7, 11) is -3.90. The number of anilines is 1. The van der Waals surface area contributed by atoms with E-state index in [0.717, 1.165) is 31.2 Å². The molecule has 1 aliphatic carbocycles. The molecule has 6 heteroatoms. The lowest BCUT2D eigenvalue weighted by molar-refractivity contribution is 0.0931. The van der Waals surface area contributed by atoms with Crippen LogP contribution in [0.25, 0.3) is 0 Å². The van der Waals surface area contributed by atoms with Crippen molar-refractivity contribution in [3.05, 3.63) is 96.1 Å². The molecule has 0 unspecified atom stereocenters. The molecule has 0 heterocycles. The third-order valence-electron chi connectivity index (χ3n) is 6.36. The maximum absolute atomic E-state index is 13.8. The third-order valence-corrected chi connectivity index (χ3v) is 8.13. The van der Waals surface area contributed by atoms with E-state index in [1.807, 2.05) is 30.3 Å². The molecule has 178 valence electrons. The van der Waals surface area contributed by atoms with Gasteiger partial charge in [-0.1, -0.05) is 92.8 Å². The van der Waals surface area contributed by atoms with Gasteiger partial charge in [-0.05, 0) is 42.7 Å². The summed E-state index contributed by atoms with van der Waals surface area (Å²) < 4.78 is 28.9. The number of nitrogens with one attached hydrogen (secondary N) is 1. The zero-order valence-corrected chi connectivity index (χ0v) is 20.2. The average molecular weight is 477 g/mol. The van der Waals surface area contributed by atoms with E-state index in [9.17, 15) is 13.2 Å². The van der Waals surface area contributed by atoms with Crippen molar-refractivity contribution in [2.24, 2.45) is 0 Å². The van der Waals surface area contributed by atoms with Gasteiger partial charge in [0, 0.05) is 6.04 Å². The minimum atomic E-state index is -3.90. The maximum Gasteiger partial charge on any atom is 0.264 e. The molecule has 0 spiro atoms. The van der Waals surface area contributed by atoms with E-state index in [2.05, 4.69) is 5.32 Å². The van der Waals surface area contributed by atoms with Crippen molar-refractivity contribution in [3.8, 4) is 0 Å². The van der Waals surface area contributed by atoms with Crippen molar-refractivity contribution in [2.75, 3.05) is 4.31 Å². The number of rotatable bonds is 7. The van der Waals surface area contributed by atoms with E-state index in [4.69, 9.17) is 0 Å². The van der Waals surface area contributed by atoms with Crippen molar-refractivity contribution in [1.82, 2.24) is 5.32 Å². The Hall–Kier alpha value is -3.12. The number of carbonyl (C=O) groups excluding carboxylic acids is 1. The molecule has 0 radical (unpaired) electrons. The molecular formula is C28H32N2O3S. The highest BCUT2D eigenvalue weighted by atomic mass is 32.2. The third kappa shape index (κ3) is 5.86. The Kier molecular flexibility index (Phi) is 8.01. The first-order chi connectivity index (χ1) is 16.6. The summed E-state index contributed by atoms with van der Waals surface area (Å²) in [6.45, 7) is 0.131. The maximum atomic E-state index is 13.8. The molecule has 1 fully saturated rings. The van der Waals surface area contributed by atoms with Gasteiger partial charge in [0.15, 0.2) is 0 Å². The first kappa shape index (κ1) is 24.0. The van der Waals surface area contributed by atoms with Crippen LogP contribution in [0.5, 0.6) is 0 Å². The average Bonchev–Trinajstić information content (AvgIpc) is 2.85. The normalized spacial score (nSPS) is 15.2. The number of para-hydroxylation sites is 1. The number of sulfonamides is 1. The van der Waals surface area contributed by atoms with Crippen LogP contribution in [0.15, 0.2) is 89.8 Å². The molecular weight excluding hydrogens is 444 g/mol. The lowest BCUT2D eigenvalue weighted by Crippen LogP contribution is -2.37. The van der Waals surface area contributed by atoms with Crippen molar-refractivity contribution in [1.29, 1.82) is 0 Å². The van der Waals surface area contributed by atoms with Gasteiger partial charge in [-0.15, -0.1) is 0 Å². The van der Waals surface area contributed by atoms with Gasteiger partial charge in [0.1, 0.15) is 0 Å². The van der Waals surface area contributed by atoms with Crippen molar-refractivity contribution < 1.29 is 13.2 Å². The van der Waals surface area contributed by atoms with E-state index in [1.54, 1.807) is 54.6 Å². The molecule has 1 amide bonds. The van der Waals surface area contributed by atoms with Gasteiger partial charge in [-0.3, -0.25) is 9.10 Å². The fourth-order valence-electron chi connectivity index (χ4n) is 4.52. The number of hydrogen-bond donors (Lipinski definition) is 1. The SMILES string of the molecule is O=C(NC1CCCCCCC1)c1ccccc1N(Cc1ccccc1)S(=O)(=O)c1ccccc1. The molecule has 3 aromatic carbocycles. The summed E-state index contributed by atoms with van der Waals surface area (Å²) in [4.78, 5) is 13.6. The standard InChI is InChI=1S/C28H32N2O3S/c31-28(29-24-16-8-2-1-3-9-17-24)26-20-12-13-21-27(26)30(22-23-14-6-4-7-15-23)34(32,33)25-18-10-5-11-19-25/h4-7,10-15,18-21,24H,1-3,8-9,16-17,22H2,(H,29,31). The predicted molar refractivity (Wildman–Crippen MR) is 136 cm³/mol. The van der Waals surface area contributed by atoms with Crippen LogP contribution in [0.1, 0.15) is 60.9 Å². The van der Waals surface area contributed by atoms with Crippen LogP contribution in [-0.4, -0.2) is 20.4 Å². The Morgan fingerprint density at radius 3 is 2.00 bits per heavy atom. The highest BCUT2D eigenvalue weighted by Gasteiger charge is 2.29. The Morgan fingerprint density at radius 2 is 1.32 bits per heavy atom. The molecule has 34 heavy (non-hydrogen) atoms. The van der Waals surface area contributed by atoms with Gasteiger partial charge in [-0.25, -0.2) is 8.42 Å². The van der Waals surface area contributed by atoms with Crippen LogP contribution in [0.3, 0.4) is 0 Å². The summed E-state index contributed by atoms with van der Waals surface area (Å²) in [6, 6.07) is 25.0. The lowest BCUT2D eigenvalue weighted by atomic mass is 9.96. The van der Waals surface area contributed by atoms with Crippen LogP contribution in [0, 0.1) is 0 Å². The summed E-state index contributed by atoms with van der Waals surface area (Å²) in [5, 5.41) is 3.19. The number of amides is 1. The van der Waals surface area contributed by atoms with Crippen LogP contribution >= 0.6 is 0 Å². The highest BCUT2D eigenvalue weighted by molar-refractivity contribution is 7.92. The molecule has 0 aromatic heterocycles. The topological polar surface area (TPSA) is 66.5 Å². The quantitative estimate of drug-likeness (QED) is 0.460. The van der Waals surface area contributed by atoms with Crippen molar-refractivity contribution in [3.63, 3.8) is 0 Å².